The summed E-state index contributed by atoms with van der Waals surface area (Å²) in [5, 5.41) is 12.0. The number of amides is 1. The third kappa shape index (κ3) is 10.6. The molecule has 0 aliphatic heterocycles. The Kier molecular flexibility index (Phi) is 15.7. The molecule has 5 heterocycles. The van der Waals surface area contributed by atoms with E-state index >= 15 is 0 Å². The van der Waals surface area contributed by atoms with Gasteiger partial charge in [-0.05, 0) is 121 Å². The van der Waals surface area contributed by atoms with Crippen LogP contribution in [-0.4, -0.2) is 34.2 Å². The number of carbonyl (C=O) groups is 1. The molecule has 80 heavy (non-hydrogen) atoms. The number of aromatic nitrogens is 6. The standard InChI is InChI=1S/C24H19ClN6O2.C23H20N2O.C17H15ClN2O/c1-14(28-23(32)20-21(26)29-30-12-6-11-27-22(20)30)18-13-15-7-5-10-17(25)19(15)24(33)31(18)16-8-3-2-4-9-16;1-16(24)21-15-18-11-8-14-20(17-9-4-2-5-10-17)22(18)23(26)25(21)19-12-6-3-7-13-19;1-11(19)15-10-12-6-5-9-14(18)16(12)17(21)20(15)13-7-3-2-4-8-13/h2-14H,1H3,(H2,26,29)(H,28,32);2-16H,24H2,1H3;2-11H,19H2,1H3/t14-;16-;11-/m000/s1. The van der Waals surface area contributed by atoms with Gasteiger partial charge in [0.2, 0.25) is 0 Å². The molecule has 398 valence electrons. The van der Waals surface area contributed by atoms with Gasteiger partial charge >= 0.3 is 0 Å². The maximum atomic E-state index is 13.6. The van der Waals surface area contributed by atoms with E-state index in [0.717, 1.165) is 44.7 Å². The van der Waals surface area contributed by atoms with Crippen molar-refractivity contribution < 1.29 is 4.79 Å². The Labute approximate surface area is 469 Å². The molecule has 0 saturated heterocycles. The van der Waals surface area contributed by atoms with Crippen LogP contribution in [0.5, 0.6) is 0 Å². The number of pyridine rings is 3. The van der Waals surface area contributed by atoms with Crippen LogP contribution in [0.15, 0.2) is 227 Å². The Bertz CT molecular complexity index is 4430. The van der Waals surface area contributed by atoms with Crippen molar-refractivity contribution in [3.05, 3.63) is 276 Å². The second-order valence-corrected chi connectivity index (χ2v) is 19.9. The zero-order chi connectivity index (χ0) is 56.2. The highest BCUT2D eigenvalue weighted by Gasteiger charge is 2.25. The quantitative estimate of drug-likeness (QED) is 0.108. The minimum absolute atomic E-state index is 0.0412. The van der Waals surface area contributed by atoms with E-state index in [9.17, 15) is 19.2 Å². The third-order valence-corrected chi connectivity index (χ3v) is 14.3. The number of benzene rings is 7. The number of fused-ring (bicyclic) bond motifs is 4. The Balaban J connectivity index is 0.000000139. The Morgan fingerprint density at radius 1 is 0.512 bits per heavy atom. The minimum Gasteiger partial charge on any atom is -0.381 e. The average molecular weight is 1100 g/mol. The molecule has 1 amide bonds. The normalized spacial score (nSPS) is 12.3. The van der Waals surface area contributed by atoms with Crippen molar-refractivity contribution in [1.82, 2.24) is 33.6 Å². The van der Waals surface area contributed by atoms with Gasteiger partial charge in [-0.25, -0.2) is 9.50 Å². The van der Waals surface area contributed by atoms with Gasteiger partial charge in [0, 0.05) is 58.6 Å². The van der Waals surface area contributed by atoms with E-state index in [-0.39, 0.29) is 40.1 Å². The van der Waals surface area contributed by atoms with E-state index < -0.39 is 11.9 Å². The van der Waals surface area contributed by atoms with E-state index in [1.54, 1.807) is 57.3 Å². The van der Waals surface area contributed by atoms with Gasteiger partial charge in [-0.2, -0.15) is 0 Å². The highest BCUT2D eigenvalue weighted by molar-refractivity contribution is 6.35. The summed E-state index contributed by atoms with van der Waals surface area (Å²) in [4.78, 5) is 57.4. The summed E-state index contributed by atoms with van der Waals surface area (Å²) in [5.41, 5.74) is 24.8. The molecule has 14 nitrogen and oxygen atoms in total. The highest BCUT2D eigenvalue weighted by atomic mass is 35.5. The van der Waals surface area contributed by atoms with Crippen molar-refractivity contribution in [3.8, 4) is 28.2 Å². The van der Waals surface area contributed by atoms with Crippen LogP contribution >= 0.6 is 23.2 Å². The lowest BCUT2D eigenvalue weighted by Crippen LogP contribution is -2.32. The second-order valence-electron chi connectivity index (χ2n) is 19.1. The molecule has 0 spiro atoms. The molecule has 7 aromatic carbocycles. The van der Waals surface area contributed by atoms with E-state index in [1.165, 1.54) is 4.52 Å². The number of para-hydroxylation sites is 3. The first kappa shape index (κ1) is 53.9. The summed E-state index contributed by atoms with van der Waals surface area (Å²) >= 11 is 12.6. The number of anilines is 1. The average Bonchev–Trinajstić information content (AvgIpc) is 3.92. The molecule has 0 aliphatic rings. The van der Waals surface area contributed by atoms with Crippen molar-refractivity contribution in [2.24, 2.45) is 11.5 Å². The van der Waals surface area contributed by atoms with Gasteiger partial charge in [-0.15, -0.1) is 5.10 Å². The molecule has 12 rings (SSSR count). The predicted molar refractivity (Wildman–Crippen MR) is 323 cm³/mol. The van der Waals surface area contributed by atoms with Crippen LogP contribution in [0.3, 0.4) is 0 Å². The fraction of sp³-hybridized carbons (Fsp3) is 0.0938. The minimum atomic E-state index is -0.549. The summed E-state index contributed by atoms with van der Waals surface area (Å²) in [6, 6.07) is 61.5. The summed E-state index contributed by atoms with van der Waals surface area (Å²) in [5.74, 6) is -0.365. The van der Waals surface area contributed by atoms with Crippen molar-refractivity contribution in [2.75, 3.05) is 5.73 Å². The molecule has 16 heteroatoms. The van der Waals surface area contributed by atoms with Crippen LogP contribution in [0.4, 0.5) is 5.82 Å². The molecule has 0 aliphatic carbocycles. The number of nitrogen functional groups attached to an aromatic ring is 1. The molecule has 0 radical (unpaired) electrons. The summed E-state index contributed by atoms with van der Waals surface area (Å²) in [6.45, 7) is 5.57. The summed E-state index contributed by atoms with van der Waals surface area (Å²) < 4.78 is 6.39. The van der Waals surface area contributed by atoms with E-state index in [2.05, 4.69) is 15.4 Å². The molecular formula is C64H54Cl2N10O4. The first-order valence-corrected chi connectivity index (χ1v) is 26.5. The van der Waals surface area contributed by atoms with Gasteiger partial charge < -0.3 is 22.5 Å². The van der Waals surface area contributed by atoms with Gasteiger partial charge in [0.15, 0.2) is 11.5 Å². The van der Waals surface area contributed by atoms with Crippen LogP contribution in [0.1, 0.15) is 66.3 Å². The number of hydrogen-bond acceptors (Lipinski definition) is 9. The zero-order valence-electron chi connectivity index (χ0n) is 43.7. The molecule has 5 aromatic heterocycles. The number of carbonyl (C=O) groups excluding carboxylic acids is 1. The highest BCUT2D eigenvalue weighted by Crippen LogP contribution is 2.31. The van der Waals surface area contributed by atoms with E-state index in [1.807, 2.05) is 190 Å². The maximum Gasteiger partial charge on any atom is 0.264 e. The first-order chi connectivity index (χ1) is 38.7. The van der Waals surface area contributed by atoms with E-state index in [4.69, 9.17) is 40.4 Å². The number of nitrogens with two attached hydrogens (primary N) is 3. The third-order valence-electron chi connectivity index (χ3n) is 13.6. The zero-order valence-corrected chi connectivity index (χ0v) is 45.3. The fourth-order valence-electron chi connectivity index (χ4n) is 9.90. The topological polar surface area (TPSA) is 203 Å². The van der Waals surface area contributed by atoms with Crippen molar-refractivity contribution in [1.29, 1.82) is 0 Å². The lowest BCUT2D eigenvalue weighted by atomic mass is 9.98. The largest absolute Gasteiger partial charge is 0.381 e. The molecule has 0 fully saturated rings. The molecular weight excluding hydrogens is 1040 g/mol. The molecule has 0 saturated carbocycles. The second kappa shape index (κ2) is 23.3. The monoisotopic (exact) mass is 1100 g/mol. The Hall–Kier alpha value is -9.44. The number of nitrogens with one attached hydrogen (secondary N) is 1. The number of hydrogen-bond donors (Lipinski definition) is 4. The van der Waals surface area contributed by atoms with Crippen LogP contribution in [0.25, 0.3) is 66.2 Å². The molecule has 0 unspecified atom stereocenters. The number of nitrogens with zero attached hydrogens (tertiary/aromatic N) is 6. The first-order valence-electron chi connectivity index (χ1n) is 25.7. The summed E-state index contributed by atoms with van der Waals surface area (Å²) in [6.07, 6.45) is 3.23. The molecule has 0 bridgehead atoms. The maximum absolute atomic E-state index is 13.6. The Morgan fingerprint density at radius 2 is 0.925 bits per heavy atom. The van der Waals surface area contributed by atoms with Gasteiger partial charge in [0.05, 0.1) is 32.2 Å². The molecule has 12 aromatic rings. The van der Waals surface area contributed by atoms with Gasteiger partial charge in [-0.1, -0.05) is 151 Å². The van der Waals surface area contributed by atoms with Gasteiger partial charge in [0.25, 0.3) is 22.6 Å². The molecule has 3 atom stereocenters. The Morgan fingerprint density at radius 3 is 1.40 bits per heavy atom. The van der Waals surface area contributed by atoms with Crippen LogP contribution in [0, 0.1) is 0 Å². The van der Waals surface area contributed by atoms with Gasteiger partial charge in [-0.3, -0.25) is 32.9 Å². The van der Waals surface area contributed by atoms with Gasteiger partial charge in [0.1, 0.15) is 5.56 Å². The molecule has 7 N–H and O–H groups in total. The SMILES string of the molecule is C[C@H](N)c1cc2cccc(-c3ccccc3)c2c(=O)n1-c1ccccc1.C[C@H](N)c1cc2cccc(Cl)c2c(=O)n1-c1ccccc1.C[C@H](NC(=O)c1c(N)nn2cccnc12)c1cc2cccc(Cl)c2c(=O)n1-c1ccccc1. The summed E-state index contributed by atoms with van der Waals surface area (Å²) in [7, 11) is 0. The smallest absolute Gasteiger partial charge is 0.264 e. The van der Waals surface area contributed by atoms with Crippen LogP contribution in [0.2, 0.25) is 10.0 Å². The number of halogens is 2. The lowest BCUT2D eigenvalue weighted by molar-refractivity contribution is 0.0941. The van der Waals surface area contributed by atoms with Crippen LogP contribution in [-0.2, 0) is 0 Å². The van der Waals surface area contributed by atoms with Crippen molar-refractivity contribution in [3.63, 3.8) is 0 Å². The van der Waals surface area contributed by atoms with E-state index in [0.29, 0.717) is 48.6 Å². The predicted octanol–water partition coefficient (Wildman–Crippen LogP) is 12.1. The number of rotatable bonds is 9. The van der Waals surface area contributed by atoms with Crippen molar-refractivity contribution in [2.45, 2.75) is 38.9 Å². The lowest BCUT2D eigenvalue weighted by Gasteiger charge is -2.21. The van der Waals surface area contributed by atoms with Crippen molar-refractivity contribution >= 4 is 72.9 Å². The van der Waals surface area contributed by atoms with Crippen LogP contribution < -0.4 is 39.2 Å². The fourth-order valence-corrected chi connectivity index (χ4v) is 10.4.